The molecule has 0 spiro atoms. The quantitative estimate of drug-likeness (QED) is 0.0169. The van der Waals surface area contributed by atoms with Crippen molar-refractivity contribution in [3.8, 4) is 0 Å². The number of allylic oxidation sites excluding steroid dienone is 28. The SMILES string of the molecule is CC/C=C\C/C=C\C/C=C\C/C=C\C/C=C\CCCCCC(=O)OC[C@H](COP(=O)(O)OC[C@@H](O)COP(=O)(O)OC[C@@H](COC(=O)CCCCCCCCCCCCCCC)OC(=O)CCC/C=C\C/C=C\C/C=C\C/C=C\CCCCC)OC(=O)CCCCC/C=C\C/C=C\C/C=C\C/C=C\C/C=C\CC. The number of phosphoric acid groups is 2. The maximum Gasteiger partial charge on any atom is 0.472 e. The highest BCUT2D eigenvalue weighted by atomic mass is 31.2. The fourth-order valence-corrected chi connectivity index (χ4v) is 12.0. The molecule has 0 saturated heterocycles. The van der Waals surface area contributed by atoms with Crippen LogP contribution in [0.5, 0.6) is 0 Å². The lowest BCUT2D eigenvalue weighted by Gasteiger charge is -2.21. The van der Waals surface area contributed by atoms with Crippen molar-refractivity contribution in [1.82, 2.24) is 0 Å². The Morgan fingerprint density at radius 2 is 0.491 bits per heavy atom. The molecule has 17 nitrogen and oxygen atoms in total. The third kappa shape index (κ3) is 78.5. The Morgan fingerprint density at radius 3 is 0.796 bits per heavy atom. The molecule has 0 aliphatic heterocycles. The molecule has 0 fully saturated rings. The summed E-state index contributed by atoms with van der Waals surface area (Å²) < 4.78 is 68.6. The molecule has 0 aromatic carbocycles. The number of carbonyl (C=O) groups excluding carboxylic acids is 4. The summed E-state index contributed by atoms with van der Waals surface area (Å²) in [6.45, 7) is 4.48. The summed E-state index contributed by atoms with van der Waals surface area (Å²) in [4.78, 5) is 73.1. The largest absolute Gasteiger partial charge is 0.472 e. The molecule has 108 heavy (non-hydrogen) atoms. The lowest BCUT2D eigenvalue weighted by molar-refractivity contribution is -0.161. The van der Waals surface area contributed by atoms with E-state index in [1.807, 2.05) is 12.2 Å². The number of aliphatic hydroxyl groups is 1. The number of hydrogen-bond acceptors (Lipinski definition) is 15. The van der Waals surface area contributed by atoms with Crippen LogP contribution in [0.4, 0.5) is 0 Å². The first-order chi connectivity index (χ1) is 52.7. The number of unbranched alkanes of at least 4 members (excludes halogenated alkanes) is 22. The van der Waals surface area contributed by atoms with Crippen LogP contribution < -0.4 is 0 Å². The molecule has 0 radical (unpaired) electrons. The molecular weight excluding hydrogens is 1400 g/mol. The Balaban J connectivity index is 5.50. The van der Waals surface area contributed by atoms with E-state index in [4.69, 9.17) is 37.0 Å². The monoisotopic (exact) mass is 1550 g/mol. The number of ether oxygens (including phenoxy) is 4. The van der Waals surface area contributed by atoms with Crippen molar-refractivity contribution in [2.75, 3.05) is 39.6 Å². The molecule has 0 aromatic rings. The molecule has 0 aliphatic carbocycles. The topological polar surface area (TPSA) is 237 Å². The summed E-state index contributed by atoms with van der Waals surface area (Å²) in [6.07, 6.45) is 94.7. The normalized spacial score (nSPS) is 14.7. The van der Waals surface area contributed by atoms with E-state index in [-0.39, 0.29) is 25.7 Å². The second kappa shape index (κ2) is 79.5. The molecule has 0 bridgehead atoms. The number of aliphatic hydroxyl groups excluding tert-OH is 1. The second-order valence-corrected chi connectivity index (χ2v) is 29.9. The summed E-state index contributed by atoms with van der Waals surface area (Å²) in [7, 11) is -10.0. The van der Waals surface area contributed by atoms with Gasteiger partial charge in [0, 0.05) is 25.7 Å². The van der Waals surface area contributed by atoms with Gasteiger partial charge in [0.05, 0.1) is 26.4 Å². The minimum Gasteiger partial charge on any atom is -0.462 e. The van der Waals surface area contributed by atoms with Crippen LogP contribution in [-0.4, -0.2) is 96.7 Å². The van der Waals surface area contributed by atoms with Gasteiger partial charge in [-0.25, -0.2) is 9.13 Å². The van der Waals surface area contributed by atoms with Crippen molar-refractivity contribution in [3.05, 3.63) is 170 Å². The predicted octanol–water partition coefficient (Wildman–Crippen LogP) is 24.6. The summed E-state index contributed by atoms with van der Waals surface area (Å²) in [6, 6.07) is 0. The highest BCUT2D eigenvalue weighted by Crippen LogP contribution is 2.45. The highest BCUT2D eigenvalue weighted by molar-refractivity contribution is 7.47. The highest BCUT2D eigenvalue weighted by Gasteiger charge is 2.30. The molecule has 19 heteroatoms. The van der Waals surface area contributed by atoms with Crippen molar-refractivity contribution in [2.24, 2.45) is 0 Å². The summed E-state index contributed by atoms with van der Waals surface area (Å²) in [5.74, 6) is -2.32. The Labute approximate surface area is 654 Å². The van der Waals surface area contributed by atoms with Crippen molar-refractivity contribution in [2.45, 2.75) is 329 Å². The lowest BCUT2D eigenvalue weighted by atomic mass is 10.0. The Morgan fingerprint density at radius 1 is 0.269 bits per heavy atom. The molecular formula is C89H146O17P2. The summed E-state index contributed by atoms with van der Waals surface area (Å²) in [5, 5.41) is 10.7. The van der Waals surface area contributed by atoms with Crippen molar-refractivity contribution >= 4 is 39.5 Å². The first-order valence-electron chi connectivity index (χ1n) is 41.4. The smallest absolute Gasteiger partial charge is 0.462 e. The van der Waals surface area contributed by atoms with Crippen LogP contribution in [0.1, 0.15) is 310 Å². The molecule has 0 amide bonds. The van der Waals surface area contributed by atoms with Crippen molar-refractivity contribution in [3.63, 3.8) is 0 Å². The maximum atomic E-state index is 13.1. The number of hydrogen-bond donors (Lipinski definition) is 3. The van der Waals surface area contributed by atoms with Crippen LogP contribution in [0.15, 0.2) is 170 Å². The van der Waals surface area contributed by atoms with Crippen LogP contribution in [0.3, 0.4) is 0 Å². The molecule has 0 aliphatic rings. The summed E-state index contributed by atoms with van der Waals surface area (Å²) >= 11 is 0. The van der Waals surface area contributed by atoms with Crippen LogP contribution in [-0.2, 0) is 65.4 Å². The minimum atomic E-state index is -5.01. The standard InChI is InChI=1S/C89H146O17P2/c1-5-9-13-17-21-25-29-33-36-39-41-44-46-50-54-58-62-66-70-74-87(92)100-80-85(106-89(94)76-72-68-64-60-56-52-48-45-42-40-37-34-30-26-22-18-14-10-6-2)82-104-108(97,98)102-78-83(90)77-101-107(95,96)103-81-84(79-99-86(91)73-69-65-61-57-53-49-32-28-24-20-16-12-8-4)105-88(93)75-71-67-63-59-55-51-47-43-38-35-31-27-23-19-15-11-7-3/h9-10,13-14,21-23,25-27,33-38,41-42,44-45,47,50-52,54,56,59,63,83-85,90H,5-8,11-12,15-20,24,28-32,39-40,43,46,48-49,53,55,57-58,60-62,64-82H2,1-4H3,(H,95,96)(H,97,98)/b13-9-,14-10-,25-21-,26-22-,27-23-,36-33-,37-34-,38-35-,44-41-,45-42-,51-47-,54-50-,56-52-,63-59-/t83-,84+,85+/m0/s1. The van der Waals surface area contributed by atoms with Gasteiger partial charge in [-0.05, 0) is 154 Å². The van der Waals surface area contributed by atoms with E-state index in [1.165, 1.54) is 70.6 Å². The Bertz CT molecular complexity index is 2710. The van der Waals surface area contributed by atoms with Gasteiger partial charge < -0.3 is 33.8 Å². The van der Waals surface area contributed by atoms with Gasteiger partial charge in [-0.1, -0.05) is 301 Å². The Hall–Kier alpha value is -5.58. The van der Waals surface area contributed by atoms with E-state index in [1.54, 1.807) is 0 Å². The maximum absolute atomic E-state index is 13.1. The average Bonchev–Trinajstić information content (AvgIpc) is 0.897. The van der Waals surface area contributed by atoms with Crippen LogP contribution in [0.2, 0.25) is 0 Å². The van der Waals surface area contributed by atoms with Crippen LogP contribution in [0.25, 0.3) is 0 Å². The van der Waals surface area contributed by atoms with Gasteiger partial charge in [0.2, 0.25) is 0 Å². The van der Waals surface area contributed by atoms with Gasteiger partial charge in [0.15, 0.2) is 12.2 Å². The van der Waals surface area contributed by atoms with Gasteiger partial charge in [0.1, 0.15) is 19.3 Å². The fraction of sp³-hybridized carbons (Fsp3) is 0.640. The van der Waals surface area contributed by atoms with E-state index < -0.39 is 97.5 Å². The molecule has 0 saturated carbocycles. The van der Waals surface area contributed by atoms with E-state index in [0.29, 0.717) is 32.1 Å². The van der Waals surface area contributed by atoms with Gasteiger partial charge in [-0.15, -0.1) is 0 Å². The third-order valence-electron chi connectivity index (χ3n) is 16.7. The van der Waals surface area contributed by atoms with E-state index in [2.05, 4.69) is 186 Å². The zero-order valence-electron chi connectivity index (χ0n) is 67.2. The van der Waals surface area contributed by atoms with Gasteiger partial charge >= 0.3 is 39.5 Å². The number of esters is 4. The van der Waals surface area contributed by atoms with Crippen LogP contribution >= 0.6 is 15.6 Å². The van der Waals surface area contributed by atoms with Gasteiger partial charge in [-0.3, -0.25) is 37.3 Å². The van der Waals surface area contributed by atoms with E-state index in [0.717, 1.165) is 154 Å². The van der Waals surface area contributed by atoms with E-state index in [9.17, 15) is 43.2 Å². The fourth-order valence-electron chi connectivity index (χ4n) is 10.4. The third-order valence-corrected chi connectivity index (χ3v) is 18.6. The van der Waals surface area contributed by atoms with Crippen molar-refractivity contribution < 1.29 is 80.2 Å². The van der Waals surface area contributed by atoms with Crippen molar-refractivity contribution in [1.29, 1.82) is 0 Å². The van der Waals surface area contributed by atoms with Crippen LogP contribution in [0, 0.1) is 0 Å². The molecule has 0 rings (SSSR count). The molecule has 2 unspecified atom stereocenters. The zero-order valence-corrected chi connectivity index (χ0v) is 69.0. The average molecular weight is 1550 g/mol. The lowest BCUT2D eigenvalue weighted by Crippen LogP contribution is -2.30. The predicted molar refractivity (Wildman–Crippen MR) is 445 cm³/mol. The first-order valence-corrected chi connectivity index (χ1v) is 44.4. The molecule has 614 valence electrons. The number of carbonyl (C=O) groups is 4. The summed E-state index contributed by atoms with van der Waals surface area (Å²) in [5.41, 5.74) is 0. The Kier molecular flexibility index (Phi) is 75.4. The van der Waals surface area contributed by atoms with Gasteiger partial charge in [-0.2, -0.15) is 0 Å². The molecule has 5 atom stereocenters. The second-order valence-electron chi connectivity index (χ2n) is 27.0. The molecule has 3 N–H and O–H groups in total. The van der Waals surface area contributed by atoms with Gasteiger partial charge in [0.25, 0.3) is 0 Å². The molecule has 0 aromatic heterocycles. The zero-order chi connectivity index (χ0) is 78.9. The molecule has 0 heterocycles. The number of phosphoric ester groups is 2. The van der Waals surface area contributed by atoms with E-state index >= 15 is 0 Å². The minimum absolute atomic E-state index is 0.0147. The first kappa shape index (κ1) is 102. The number of rotatable bonds is 76.